The van der Waals surface area contributed by atoms with E-state index in [1.165, 1.54) is 5.56 Å². The molecular weight excluding hydrogens is 188 g/mol. The maximum absolute atomic E-state index is 11.5. The van der Waals surface area contributed by atoms with Gasteiger partial charge in [-0.25, -0.2) is 0 Å². The summed E-state index contributed by atoms with van der Waals surface area (Å²) in [7, 11) is 1.83. The van der Waals surface area contributed by atoms with Crippen molar-refractivity contribution in [2.75, 3.05) is 18.5 Å². The molecule has 0 aromatic heterocycles. The third kappa shape index (κ3) is 1.88. The first kappa shape index (κ1) is 10.2. The van der Waals surface area contributed by atoms with E-state index in [-0.39, 0.29) is 5.91 Å². The van der Waals surface area contributed by atoms with Gasteiger partial charge in [0.25, 0.3) is 0 Å². The average molecular weight is 204 g/mol. The summed E-state index contributed by atoms with van der Waals surface area (Å²) in [5.74, 6) is 0.181. The van der Waals surface area contributed by atoms with Crippen LogP contribution in [0.25, 0.3) is 0 Å². The molecule has 15 heavy (non-hydrogen) atoms. The summed E-state index contributed by atoms with van der Waals surface area (Å²) >= 11 is 0. The second-order valence-electron chi connectivity index (χ2n) is 3.98. The molecule has 0 saturated carbocycles. The van der Waals surface area contributed by atoms with Crippen LogP contribution in [0.5, 0.6) is 0 Å². The lowest BCUT2D eigenvalue weighted by Gasteiger charge is -2.10. The number of likely N-dealkylation sites (N-methyl/N-ethyl adjacent to an activating group) is 1. The summed E-state index contributed by atoms with van der Waals surface area (Å²) in [6.45, 7) is 0.718. The number of rotatable bonds is 3. The number of hydrogen-bond acceptors (Lipinski definition) is 2. The van der Waals surface area contributed by atoms with Crippen molar-refractivity contribution in [3.63, 3.8) is 0 Å². The van der Waals surface area contributed by atoms with Crippen molar-refractivity contribution < 1.29 is 4.79 Å². The SMILES string of the molecule is CN1C(=O)Cc2cc(CCCN)ccc21. The van der Waals surface area contributed by atoms with E-state index >= 15 is 0 Å². The standard InChI is InChI=1S/C12H16N2O/c1-14-11-5-4-9(3-2-6-13)7-10(11)8-12(14)15/h4-5,7H,2-3,6,8,13H2,1H3. The molecule has 0 bridgehead atoms. The number of anilines is 1. The molecule has 80 valence electrons. The summed E-state index contributed by atoms with van der Waals surface area (Å²) in [6.07, 6.45) is 2.55. The molecule has 1 amide bonds. The minimum Gasteiger partial charge on any atom is -0.330 e. The molecule has 0 saturated heterocycles. The number of aryl methyl sites for hydroxylation is 1. The van der Waals surface area contributed by atoms with Crippen molar-refractivity contribution in [1.82, 2.24) is 0 Å². The first-order valence-corrected chi connectivity index (χ1v) is 5.31. The van der Waals surface area contributed by atoms with Gasteiger partial charge in [0.1, 0.15) is 0 Å². The Morgan fingerprint density at radius 2 is 2.27 bits per heavy atom. The van der Waals surface area contributed by atoms with Crippen LogP contribution in [0.15, 0.2) is 18.2 Å². The second kappa shape index (κ2) is 4.03. The fourth-order valence-corrected chi connectivity index (χ4v) is 1.99. The predicted molar refractivity (Wildman–Crippen MR) is 60.9 cm³/mol. The molecule has 1 aliphatic heterocycles. The largest absolute Gasteiger partial charge is 0.330 e. The van der Waals surface area contributed by atoms with Crippen molar-refractivity contribution in [1.29, 1.82) is 0 Å². The molecule has 2 N–H and O–H groups in total. The highest BCUT2D eigenvalue weighted by Gasteiger charge is 2.23. The number of fused-ring (bicyclic) bond motifs is 1. The molecule has 0 atom stereocenters. The molecule has 1 aromatic carbocycles. The Balaban J connectivity index is 2.22. The van der Waals surface area contributed by atoms with Gasteiger partial charge in [-0.2, -0.15) is 0 Å². The predicted octanol–water partition coefficient (Wildman–Crippen LogP) is 1.10. The molecule has 0 fully saturated rings. The molecule has 2 rings (SSSR count). The number of amides is 1. The van der Waals surface area contributed by atoms with E-state index < -0.39 is 0 Å². The lowest BCUT2D eigenvalue weighted by molar-refractivity contribution is -0.117. The van der Waals surface area contributed by atoms with Crippen LogP contribution in [0, 0.1) is 0 Å². The van der Waals surface area contributed by atoms with E-state index in [0.29, 0.717) is 6.42 Å². The average Bonchev–Trinajstić information content (AvgIpc) is 2.52. The van der Waals surface area contributed by atoms with Crippen molar-refractivity contribution in [3.05, 3.63) is 29.3 Å². The first-order chi connectivity index (χ1) is 7.22. The van der Waals surface area contributed by atoms with Gasteiger partial charge in [-0.1, -0.05) is 12.1 Å². The van der Waals surface area contributed by atoms with E-state index in [2.05, 4.69) is 12.1 Å². The van der Waals surface area contributed by atoms with E-state index in [1.54, 1.807) is 4.90 Å². The van der Waals surface area contributed by atoms with Gasteiger partial charge in [0.2, 0.25) is 5.91 Å². The number of carbonyl (C=O) groups is 1. The fraction of sp³-hybridized carbons (Fsp3) is 0.417. The lowest BCUT2D eigenvalue weighted by atomic mass is 10.0. The highest BCUT2D eigenvalue weighted by Crippen LogP contribution is 2.28. The molecule has 0 aliphatic carbocycles. The molecule has 3 heteroatoms. The number of hydrogen-bond donors (Lipinski definition) is 1. The third-order valence-electron chi connectivity index (χ3n) is 2.89. The van der Waals surface area contributed by atoms with Gasteiger partial charge in [-0.3, -0.25) is 4.79 Å². The van der Waals surface area contributed by atoms with Crippen LogP contribution in [-0.4, -0.2) is 19.5 Å². The highest BCUT2D eigenvalue weighted by atomic mass is 16.2. The van der Waals surface area contributed by atoms with E-state index in [0.717, 1.165) is 30.6 Å². The summed E-state index contributed by atoms with van der Waals surface area (Å²) in [5.41, 5.74) is 8.95. The fourth-order valence-electron chi connectivity index (χ4n) is 1.99. The Kier molecular flexibility index (Phi) is 2.73. The third-order valence-corrected chi connectivity index (χ3v) is 2.89. The van der Waals surface area contributed by atoms with Crippen molar-refractivity contribution in [2.45, 2.75) is 19.3 Å². The van der Waals surface area contributed by atoms with Gasteiger partial charge in [0.15, 0.2) is 0 Å². The molecule has 3 nitrogen and oxygen atoms in total. The Labute approximate surface area is 89.9 Å². The topological polar surface area (TPSA) is 46.3 Å². The summed E-state index contributed by atoms with van der Waals surface area (Å²) in [6, 6.07) is 6.25. The van der Waals surface area contributed by atoms with E-state index in [1.807, 2.05) is 13.1 Å². The molecule has 1 aliphatic rings. The van der Waals surface area contributed by atoms with Crippen LogP contribution in [0.3, 0.4) is 0 Å². The van der Waals surface area contributed by atoms with Crippen LogP contribution in [-0.2, 0) is 17.6 Å². The molecule has 1 heterocycles. The number of nitrogens with zero attached hydrogens (tertiary/aromatic N) is 1. The number of carbonyl (C=O) groups excluding carboxylic acids is 1. The van der Waals surface area contributed by atoms with Gasteiger partial charge in [0.05, 0.1) is 6.42 Å². The maximum atomic E-state index is 11.5. The smallest absolute Gasteiger partial charge is 0.231 e. The monoisotopic (exact) mass is 204 g/mol. The first-order valence-electron chi connectivity index (χ1n) is 5.31. The lowest BCUT2D eigenvalue weighted by Crippen LogP contribution is -2.20. The zero-order chi connectivity index (χ0) is 10.8. The Hall–Kier alpha value is -1.35. The van der Waals surface area contributed by atoms with Gasteiger partial charge in [0, 0.05) is 12.7 Å². The summed E-state index contributed by atoms with van der Waals surface area (Å²) in [5, 5.41) is 0. The van der Waals surface area contributed by atoms with Gasteiger partial charge < -0.3 is 10.6 Å². The number of benzene rings is 1. The van der Waals surface area contributed by atoms with Crippen LogP contribution in [0.2, 0.25) is 0 Å². The molecule has 0 radical (unpaired) electrons. The Morgan fingerprint density at radius 1 is 1.47 bits per heavy atom. The van der Waals surface area contributed by atoms with Gasteiger partial charge >= 0.3 is 0 Å². The Bertz CT molecular complexity index is 387. The van der Waals surface area contributed by atoms with Gasteiger partial charge in [-0.05, 0) is 36.6 Å². The molecular formula is C12H16N2O. The zero-order valence-corrected chi connectivity index (χ0v) is 8.99. The van der Waals surface area contributed by atoms with E-state index in [9.17, 15) is 4.79 Å². The molecule has 0 unspecified atom stereocenters. The van der Waals surface area contributed by atoms with Crippen LogP contribution in [0.4, 0.5) is 5.69 Å². The maximum Gasteiger partial charge on any atom is 0.231 e. The highest BCUT2D eigenvalue weighted by molar-refractivity contribution is 6.00. The minimum atomic E-state index is 0.181. The van der Waals surface area contributed by atoms with Crippen molar-refractivity contribution in [2.24, 2.45) is 5.73 Å². The number of nitrogens with two attached hydrogens (primary N) is 1. The normalized spacial score (nSPS) is 14.5. The zero-order valence-electron chi connectivity index (χ0n) is 8.99. The molecule has 0 spiro atoms. The quantitative estimate of drug-likeness (QED) is 0.801. The van der Waals surface area contributed by atoms with Crippen molar-refractivity contribution in [3.8, 4) is 0 Å². The van der Waals surface area contributed by atoms with E-state index in [4.69, 9.17) is 5.73 Å². The molecule has 1 aromatic rings. The summed E-state index contributed by atoms with van der Waals surface area (Å²) < 4.78 is 0. The van der Waals surface area contributed by atoms with Crippen molar-refractivity contribution >= 4 is 11.6 Å². The Morgan fingerprint density at radius 3 is 3.00 bits per heavy atom. The second-order valence-corrected chi connectivity index (χ2v) is 3.98. The van der Waals surface area contributed by atoms with Crippen LogP contribution >= 0.6 is 0 Å². The minimum absolute atomic E-state index is 0.181. The van der Waals surface area contributed by atoms with Gasteiger partial charge in [-0.15, -0.1) is 0 Å². The van der Waals surface area contributed by atoms with Crippen LogP contribution < -0.4 is 10.6 Å². The summed E-state index contributed by atoms with van der Waals surface area (Å²) in [4.78, 5) is 13.2. The van der Waals surface area contributed by atoms with Crippen LogP contribution in [0.1, 0.15) is 17.5 Å².